The van der Waals surface area contributed by atoms with Crippen molar-refractivity contribution in [2.24, 2.45) is 0 Å². The highest BCUT2D eigenvalue weighted by Crippen LogP contribution is 2.43. The predicted molar refractivity (Wildman–Crippen MR) is 50.2 cm³/mol. The van der Waals surface area contributed by atoms with Crippen LogP contribution in [0.2, 0.25) is 0 Å². The summed E-state index contributed by atoms with van der Waals surface area (Å²) in [5.74, 6) is -1.10. The summed E-state index contributed by atoms with van der Waals surface area (Å²) in [5.41, 5.74) is 2.49. The number of halogens is 7. The average molecular weight is 324 g/mol. The third kappa shape index (κ3) is 3.42. The Labute approximate surface area is 99.5 Å². The zero-order valence-electron chi connectivity index (χ0n) is 7.79. The standard InChI is InChI=1S/C8H4BrF6NO/c9-4-2-1-3(7(10,11)12)5(16)6(4)17-8(13,14)15/h1-2H,16H2. The number of alkyl halides is 6. The fourth-order valence-electron chi connectivity index (χ4n) is 1.04. The molecule has 0 bridgehead atoms. The summed E-state index contributed by atoms with van der Waals surface area (Å²) in [4.78, 5) is 0. The monoisotopic (exact) mass is 323 g/mol. The molecular weight excluding hydrogens is 320 g/mol. The van der Waals surface area contributed by atoms with Crippen molar-refractivity contribution in [3.05, 3.63) is 22.2 Å². The highest BCUT2D eigenvalue weighted by atomic mass is 79.9. The molecule has 17 heavy (non-hydrogen) atoms. The van der Waals surface area contributed by atoms with Gasteiger partial charge in [0, 0.05) is 0 Å². The van der Waals surface area contributed by atoms with Crippen molar-refractivity contribution in [2.45, 2.75) is 12.5 Å². The molecule has 0 saturated carbocycles. The summed E-state index contributed by atoms with van der Waals surface area (Å²) in [6, 6.07) is 1.34. The van der Waals surface area contributed by atoms with Crippen molar-refractivity contribution >= 4 is 21.6 Å². The molecule has 1 aromatic carbocycles. The molecule has 0 aliphatic heterocycles. The number of nitrogens with two attached hydrogens (primary N) is 1. The van der Waals surface area contributed by atoms with Crippen molar-refractivity contribution in [3.8, 4) is 5.75 Å². The van der Waals surface area contributed by atoms with Crippen molar-refractivity contribution in [3.63, 3.8) is 0 Å². The first-order chi connectivity index (χ1) is 7.52. The fraction of sp³-hybridized carbons (Fsp3) is 0.250. The summed E-state index contributed by atoms with van der Waals surface area (Å²) < 4.78 is 76.0. The van der Waals surface area contributed by atoms with Gasteiger partial charge in [-0.3, -0.25) is 0 Å². The van der Waals surface area contributed by atoms with Crippen LogP contribution in [0.5, 0.6) is 5.75 Å². The molecule has 1 rings (SSSR count). The van der Waals surface area contributed by atoms with E-state index in [-0.39, 0.29) is 4.47 Å². The van der Waals surface area contributed by atoms with Gasteiger partial charge in [-0.15, -0.1) is 13.2 Å². The molecule has 96 valence electrons. The first kappa shape index (κ1) is 13.9. The third-order valence-corrected chi connectivity index (χ3v) is 2.30. The van der Waals surface area contributed by atoms with E-state index in [1.54, 1.807) is 0 Å². The number of hydrogen-bond donors (Lipinski definition) is 1. The molecule has 0 aliphatic carbocycles. The number of hydrogen-bond acceptors (Lipinski definition) is 2. The van der Waals surface area contributed by atoms with Gasteiger partial charge in [-0.05, 0) is 28.1 Å². The lowest BCUT2D eigenvalue weighted by Crippen LogP contribution is -2.20. The lowest BCUT2D eigenvalue weighted by molar-refractivity contribution is -0.274. The molecule has 9 heteroatoms. The predicted octanol–water partition coefficient (Wildman–Crippen LogP) is 3.95. The van der Waals surface area contributed by atoms with Gasteiger partial charge in [-0.25, -0.2) is 0 Å². The van der Waals surface area contributed by atoms with Crippen LogP contribution in [0, 0.1) is 0 Å². The van der Waals surface area contributed by atoms with E-state index in [0.717, 1.165) is 6.07 Å². The van der Waals surface area contributed by atoms with Gasteiger partial charge in [-0.1, -0.05) is 0 Å². The van der Waals surface area contributed by atoms with Gasteiger partial charge < -0.3 is 10.5 Å². The number of anilines is 1. The molecule has 0 heterocycles. The first-order valence-electron chi connectivity index (χ1n) is 3.93. The number of benzene rings is 1. The van der Waals surface area contributed by atoms with Crippen LogP contribution < -0.4 is 10.5 Å². The maximum atomic E-state index is 12.4. The van der Waals surface area contributed by atoms with E-state index in [4.69, 9.17) is 5.73 Å². The molecule has 0 aromatic heterocycles. The summed E-state index contributed by atoms with van der Waals surface area (Å²) in [6.07, 6.45) is -9.98. The Morgan fingerprint density at radius 1 is 1.06 bits per heavy atom. The zero-order chi connectivity index (χ0) is 13.4. The molecule has 0 amide bonds. The van der Waals surface area contributed by atoms with Crippen LogP contribution in [0.3, 0.4) is 0 Å². The number of ether oxygens (including phenoxy) is 1. The van der Waals surface area contributed by atoms with Crippen LogP contribution in [0.15, 0.2) is 16.6 Å². The maximum Gasteiger partial charge on any atom is 0.573 e. The van der Waals surface area contributed by atoms with E-state index in [1.165, 1.54) is 0 Å². The van der Waals surface area contributed by atoms with Crippen molar-refractivity contribution in [1.82, 2.24) is 0 Å². The zero-order valence-corrected chi connectivity index (χ0v) is 9.37. The van der Waals surface area contributed by atoms with E-state index in [2.05, 4.69) is 20.7 Å². The minimum Gasteiger partial charge on any atom is -0.402 e. The van der Waals surface area contributed by atoms with Crippen LogP contribution in [0.4, 0.5) is 32.0 Å². The Bertz CT molecular complexity index is 427. The molecule has 0 fully saturated rings. The van der Waals surface area contributed by atoms with Gasteiger partial charge in [0.2, 0.25) is 0 Å². The highest BCUT2D eigenvalue weighted by molar-refractivity contribution is 9.10. The Balaban J connectivity index is 3.31. The van der Waals surface area contributed by atoms with E-state index in [1.807, 2.05) is 0 Å². The van der Waals surface area contributed by atoms with Gasteiger partial charge in [0.1, 0.15) is 0 Å². The van der Waals surface area contributed by atoms with Gasteiger partial charge in [0.05, 0.1) is 15.7 Å². The lowest BCUT2D eigenvalue weighted by atomic mass is 10.1. The molecular formula is C8H4BrF6NO. The van der Waals surface area contributed by atoms with E-state index in [9.17, 15) is 26.3 Å². The van der Waals surface area contributed by atoms with Crippen LogP contribution in [0.25, 0.3) is 0 Å². The van der Waals surface area contributed by atoms with Crippen LogP contribution in [-0.4, -0.2) is 6.36 Å². The Morgan fingerprint density at radius 3 is 2.00 bits per heavy atom. The van der Waals surface area contributed by atoms with Gasteiger partial charge in [0.15, 0.2) is 5.75 Å². The van der Waals surface area contributed by atoms with Crippen molar-refractivity contribution in [2.75, 3.05) is 5.73 Å². The summed E-state index contributed by atoms with van der Waals surface area (Å²) >= 11 is 2.63. The number of nitrogen functional groups attached to an aromatic ring is 1. The molecule has 0 spiro atoms. The van der Waals surface area contributed by atoms with E-state index >= 15 is 0 Å². The van der Waals surface area contributed by atoms with Crippen molar-refractivity contribution in [1.29, 1.82) is 0 Å². The largest absolute Gasteiger partial charge is 0.573 e. The second kappa shape index (κ2) is 4.28. The van der Waals surface area contributed by atoms with Crippen molar-refractivity contribution < 1.29 is 31.1 Å². The number of rotatable bonds is 1. The highest BCUT2D eigenvalue weighted by Gasteiger charge is 2.38. The average Bonchev–Trinajstić information content (AvgIpc) is 2.08. The second-order valence-corrected chi connectivity index (χ2v) is 3.74. The van der Waals surface area contributed by atoms with Gasteiger partial charge in [-0.2, -0.15) is 13.2 Å². The summed E-state index contributed by atoms with van der Waals surface area (Å²) in [6.45, 7) is 0. The van der Waals surface area contributed by atoms with Gasteiger partial charge >= 0.3 is 12.5 Å². The quantitative estimate of drug-likeness (QED) is 0.627. The maximum absolute atomic E-state index is 12.4. The van der Waals surface area contributed by atoms with Crippen LogP contribution in [0.1, 0.15) is 5.56 Å². The Kier molecular flexibility index (Phi) is 3.51. The first-order valence-corrected chi connectivity index (χ1v) is 4.72. The fourth-order valence-corrected chi connectivity index (χ4v) is 1.47. The molecule has 1 aromatic rings. The summed E-state index contributed by atoms with van der Waals surface area (Å²) in [7, 11) is 0. The normalized spacial score (nSPS) is 12.6. The van der Waals surface area contributed by atoms with Crippen LogP contribution >= 0.6 is 15.9 Å². The SMILES string of the molecule is Nc1c(C(F)(F)F)ccc(Br)c1OC(F)(F)F. The van der Waals surface area contributed by atoms with Crippen LogP contribution in [-0.2, 0) is 6.18 Å². The molecule has 2 nitrogen and oxygen atoms in total. The summed E-state index contributed by atoms with van der Waals surface area (Å²) in [5, 5.41) is 0. The minimum atomic E-state index is -5.12. The molecule has 0 aliphatic rings. The smallest absolute Gasteiger partial charge is 0.402 e. The Hall–Kier alpha value is -1.12. The van der Waals surface area contributed by atoms with E-state index in [0.29, 0.717) is 6.07 Å². The molecule has 0 atom stereocenters. The van der Waals surface area contributed by atoms with E-state index < -0.39 is 29.5 Å². The Morgan fingerprint density at radius 2 is 1.59 bits per heavy atom. The van der Waals surface area contributed by atoms with Gasteiger partial charge in [0.25, 0.3) is 0 Å². The second-order valence-electron chi connectivity index (χ2n) is 2.88. The molecule has 0 saturated heterocycles. The lowest BCUT2D eigenvalue weighted by Gasteiger charge is -2.16. The molecule has 2 N–H and O–H groups in total. The molecule has 0 radical (unpaired) electrons. The minimum absolute atomic E-state index is 0.319. The third-order valence-electron chi connectivity index (χ3n) is 1.67. The topological polar surface area (TPSA) is 35.2 Å². The molecule has 0 unspecified atom stereocenters.